The molecule has 2 aromatic carbocycles. The number of hydrogen-bond acceptors (Lipinski definition) is 5. The minimum Gasteiger partial charge on any atom is -0.497 e. The van der Waals surface area contributed by atoms with Crippen molar-refractivity contribution >= 4 is 28.3 Å². The van der Waals surface area contributed by atoms with Crippen LogP contribution in [0, 0.1) is 11.8 Å². The summed E-state index contributed by atoms with van der Waals surface area (Å²) in [6.07, 6.45) is 4.71. The number of methoxy groups -OCH3 is 2. The van der Waals surface area contributed by atoms with Gasteiger partial charge in [0, 0.05) is 11.1 Å². The van der Waals surface area contributed by atoms with Crippen molar-refractivity contribution in [3.05, 3.63) is 65.3 Å². The summed E-state index contributed by atoms with van der Waals surface area (Å²) in [6.45, 7) is 0. The van der Waals surface area contributed by atoms with E-state index in [-0.39, 0.29) is 11.6 Å². The highest BCUT2D eigenvalue weighted by atomic mass is 16.5. The third-order valence-electron chi connectivity index (χ3n) is 4.97. The van der Waals surface area contributed by atoms with Crippen LogP contribution in [0.15, 0.2) is 54.1 Å². The lowest BCUT2D eigenvalue weighted by molar-refractivity contribution is -0.135. The average molecular weight is 348 g/mol. The molecule has 0 aromatic heterocycles. The van der Waals surface area contributed by atoms with Crippen LogP contribution in [0.3, 0.4) is 0 Å². The van der Waals surface area contributed by atoms with Gasteiger partial charge in [-0.3, -0.25) is 9.59 Å². The fourth-order valence-corrected chi connectivity index (χ4v) is 3.59. The number of rotatable bonds is 2. The Kier molecular flexibility index (Phi) is 3.72. The summed E-state index contributed by atoms with van der Waals surface area (Å²) >= 11 is 0. The molecule has 0 heterocycles. The van der Waals surface area contributed by atoms with Gasteiger partial charge in [-0.05, 0) is 35.0 Å². The van der Waals surface area contributed by atoms with Gasteiger partial charge in [0.25, 0.3) is 0 Å². The standard InChI is InChI=1S/C21H16O5/c1-25-14-5-3-11-8-17-18(10-13(11)7-14)19(22)15-6-4-12(21(24)26-2)9-16(15)20(17)23/h3-10,15-16H,1-2H3. The predicted molar refractivity (Wildman–Crippen MR) is 95.4 cm³/mol. The lowest BCUT2D eigenvalue weighted by atomic mass is 9.71. The fraction of sp³-hybridized carbons (Fsp3) is 0.190. The molecule has 0 saturated heterocycles. The molecule has 130 valence electrons. The highest BCUT2D eigenvalue weighted by Crippen LogP contribution is 2.37. The molecule has 0 saturated carbocycles. The normalized spacial score (nSPS) is 21.1. The van der Waals surface area contributed by atoms with Crippen molar-refractivity contribution in [3.8, 4) is 5.75 Å². The monoisotopic (exact) mass is 348 g/mol. The highest BCUT2D eigenvalue weighted by molar-refractivity contribution is 6.20. The summed E-state index contributed by atoms with van der Waals surface area (Å²) < 4.78 is 9.94. The van der Waals surface area contributed by atoms with E-state index >= 15 is 0 Å². The van der Waals surface area contributed by atoms with Gasteiger partial charge in [-0.2, -0.15) is 0 Å². The number of fused-ring (bicyclic) bond motifs is 3. The largest absolute Gasteiger partial charge is 0.497 e. The van der Waals surface area contributed by atoms with Crippen LogP contribution < -0.4 is 4.74 Å². The Morgan fingerprint density at radius 1 is 0.923 bits per heavy atom. The molecule has 2 aromatic rings. The summed E-state index contributed by atoms with van der Waals surface area (Å²) in [5.74, 6) is -1.38. The smallest absolute Gasteiger partial charge is 0.337 e. The average Bonchev–Trinajstić information content (AvgIpc) is 2.69. The lowest BCUT2D eigenvalue weighted by Crippen LogP contribution is -2.36. The number of hydrogen-bond donors (Lipinski definition) is 0. The van der Waals surface area contributed by atoms with E-state index < -0.39 is 17.8 Å². The Morgan fingerprint density at radius 2 is 1.62 bits per heavy atom. The van der Waals surface area contributed by atoms with E-state index in [9.17, 15) is 14.4 Å². The van der Waals surface area contributed by atoms with E-state index in [0.717, 1.165) is 10.8 Å². The first kappa shape index (κ1) is 16.3. The first-order valence-corrected chi connectivity index (χ1v) is 8.22. The third kappa shape index (κ3) is 2.36. The zero-order valence-electron chi connectivity index (χ0n) is 14.3. The van der Waals surface area contributed by atoms with Gasteiger partial charge in [-0.1, -0.05) is 24.3 Å². The van der Waals surface area contributed by atoms with E-state index in [2.05, 4.69) is 0 Å². The fourth-order valence-electron chi connectivity index (χ4n) is 3.59. The SMILES string of the molecule is COC(=O)C1=CC2C(=O)c3cc4ccc(OC)cc4cc3C(=O)C2C=C1. The molecule has 0 fully saturated rings. The maximum absolute atomic E-state index is 13.0. The lowest BCUT2D eigenvalue weighted by Gasteiger charge is -2.29. The molecule has 0 amide bonds. The molecule has 5 nitrogen and oxygen atoms in total. The summed E-state index contributed by atoms with van der Waals surface area (Å²) in [7, 11) is 2.86. The summed E-state index contributed by atoms with van der Waals surface area (Å²) in [6, 6.07) is 8.99. The number of ether oxygens (including phenoxy) is 2. The van der Waals surface area contributed by atoms with Crippen LogP contribution >= 0.6 is 0 Å². The van der Waals surface area contributed by atoms with Crippen LogP contribution in [0.5, 0.6) is 5.75 Å². The van der Waals surface area contributed by atoms with Gasteiger partial charge >= 0.3 is 5.97 Å². The number of ketones is 2. The number of allylic oxidation sites excluding steroid dienone is 2. The van der Waals surface area contributed by atoms with Crippen LogP contribution in [0.2, 0.25) is 0 Å². The molecule has 0 bridgehead atoms. The summed E-state index contributed by atoms with van der Waals surface area (Å²) in [4.78, 5) is 37.7. The highest BCUT2D eigenvalue weighted by Gasteiger charge is 2.41. The Balaban J connectivity index is 1.85. The Bertz CT molecular complexity index is 1030. The van der Waals surface area contributed by atoms with Gasteiger partial charge in [0.1, 0.15) is 5.75 Å². The molecular formula is C21H16O5. The van der Waals surface area contributed by atoms with Crippen molar-refractivity contribution < 1.29 is 23.9 Å². The van der Waals surface area contributed by atoms with Crippen molar-refractivity contribution in [2.75, 3.05) is 14.2 Å². The Labute approximate surface area is 149 Å². The molecule has 0 spiro atoms. The Morgan fingerprint density at radius 3 is 2.31 bits per heavy atom. The zero-order chi connectivity index (χ0) is 18.4. The summed E-state index contributed by atoms with van der Waals surface area (Å²) in [5.41, 5.74) is 1.10. The first-order chi connectivity index (χ1) is 12.5. The molecular weight excluding hydrogens is 332 g/mol. The van der Waals surface area contributed by atoms with Crippen LogP contribution in [-0.4, -0.2) is 31.8 Å². The van der Waals surface area contributed by atoms with Crippen LogP contribution in [-0.2, 0) is 9.53 Å². The van der Waals surface area contributed by atoms with Gasteiger partial charge in [0.2, 0.25) is 0 Å². The Hall–Kier alpha value is -3.21. The van der Waals surface area contributed by atoms with Gasteiger partial charge in [0.05, 0.1) is 31.6 Å². The maximum atomic E-state index is 13.0. The van der Waals surface area contributed by atoms with Crippen molar-refractivity contribution in [1.29, 1.82) is 0 Å². The predicted octanol–water partition coefficient (Wildman–Crippen LogP) is 3.13. The molecule has 4 rings (SSSR count). The number of benzene rings is 2. The first-order valence-electron chi connectivity index (χ1n) is 8.22. The molecule has 0 radical (unpaired) electrons. The van der Waals surface area contributed by atoms with Gasteiger partial charge in [-0.15, -0.1) is 0 Å². The molecule has 0 N–H and O–H groups in total. The van der Waals surface area contributed by atoms with Crippen molar-refractivity contribution in [1.82, 2.24) is 0 Å². The van der Waals surface area contributed by atoms with Crippen LogP contribution in [0.25, 0.3) is 10.8 Å². The second-order valence-corrected chi connectivity index (χ2v) is 6.36. The molecule has 2 atom stereocenters. The molecule has 26 heavy (non-hydrogen) atoms. The molecule has 2 aliphatic carbocycles. The third-order valence-corrected chi connectivity index (χ3v) is 4.97. The number of carbonyl (C=O) groups excluding carboxylic acids is 3. The van der Waals surface area contributed by atoms with E-state index in [1.54, 1.807) is 31.4 Å². The van der Waals surface area contributed by atoms with Crippen molar-refractivity contribution in [2.24, 2.45) is 11.8 Å². The molecule has 0 aliphatic heterocycles. The van der Waals surface area contributed by atoms with Crippen LogP contribution in [0.1, 0.15) is 20.7 Å². The topological polar surface area (TPSA) is 69.7 Å². The van der Waals surface area contributed by atoms with Crippen molar-refractivity contribution in [2.45, 2.75) is 0 Å². The minimum absolute atomic E-state index is 0.120. The zero-order valence-corrected chi connectivity index (χ0v) is 14.3. The van der Waals surface area contributed by atoms with E-state index in [0.29, 0.717) is 22.4 Å². The number of Topliss-reactive ketones (excluding diaryl/α,β-unsaturated/α-hetero) is 2. The molecule has 5 heteroatoms. The molecule has 2 unspecified atom stereocenters. The summed E-state index contributed by atoms with van der Waals surface area (Å²) in [5, 5.41) is 1.70. The minimum atomic E-state index is -0.676. The van der Waals surface area contributed by atoms with Gasteiger partial charge < -0.3 is 9.47 Å². The van der Waals surface area contributed by atoms with Gasteiger partial charge in [-0.25, -0.2) is 4.79 Å². The quantitative estimate of drug-likeness (QED) is 0.780. The van der Waals surface area contributed by atoms with E-state index in [4.69, 9.17) is 9.47 Å². The van der Waals surface area contributed by atoms with Gasteiger partial charge in [0.15, 0.2) is 11.6 Å². The maximum Gasteiger partial charge on any atom is 0.337 e. The second kappa shape index (κ2) is 5.95. The van der Waals surface area contributed by atoms with E-state index in [1.165, 1.54) is 13.2 Å². The van der Waals surface area contributed by atoms with Crippen molar-refractivity contribution in [3.63, 3.8) is 0 Å². The van der Waals surface area contributed by atoms with E-state index in [1.807, 2.05) is 18.2 Å². The molecule has 2 aliphatic rings. The second-order valence-electron chi connectivity index (χ2n) is 6.36. The number of esters is 1. The van der Waals surface area contributed by atoms with Crippen LogP contribution in [0.4, 0.5) is 0 Å². The number of carbonyl (C=O) groups is 3.